The number of nitrogens with zero attached hydrogens (tertiary/aromatic N) is 2. The van der Waals surface area contributed by atoms with Gasteiger partial charge in [0.15, 0.2) is 0 Å². The SMILES string of the molecule is Cc1cnc(C)c(NCc2ccccc2N)n1. The van der Waals surface area contributed by atoms with Crippen molar-refractivity contribution in [3.63, 3.8) is 0 Å². The molecular weight excluding hydrogens is 212 g/mol. The van der Waals surface area contributed by atoms with E-state index in [1.165, 1.54) is 0 Å². The van der Waals surface area contributed by atoms with Crippen molar-refractivity contribution in [3.8, 4) is 0 Å². The Bertz CT molecular complexity index is 523. The normalized spacial score (nSPS) is 10.2. The molecule has 1 aromatic carbocycles. The molecule has 2 rings (SSSR count). The summed E-state index contributed by atoms with van der Waals surface area (Å²) >= 11 is 0. The highest BCUT2D eigenvalue weighted by atomic mass is 15.0. The van der Waals surface area contributed by atoms with Crippen LogP contribution < -0.4 is 11.1 Å². The van der Waals surface area contributed by atoms with E-state index in [9.17, 15) is 0 Å². The zero-order chi connectivity index (χ0) is 12.3. The first kappa shape index (κ1) is 11.4. The summed E-state index contributed by atoms with van der Waals surface area (Å²) in [5.74, 6) is 0.813. The molecule has 1 aromatic heterocycles. The number of nitrogen functional groups attached to an aromatic ring is 1. The molecule has 0 bridgehead atoms. The maximum absolute atomic E-state index is 5.88. The third-order valence-electron chi connectivity index (χ3n) is 2.58. The summed E-state index contributed by atoms with van der Waals surface area (Å²) in [6, 6.07) is 7.80. The molecule has 0 saturated carbocycles. The molecule has 1 heterocycles. The van der Waals surface area contributed by atoms with Crippen molar-refractivity contribution in [2.75, 3.05) is 11.1 Å². The first-order valence-electron chi connectivity index (χ1n) is 5.54. The highest BCUT2D eigenvalue weighted by Gasteiger charge is 2.02. The van der Waals surface area contributed by atoms with Crippen molar-refractivity contribution in [2.45, 2.75) is 20.4 Å². The van der Waals surface area contributed by atoms with Crippen LogP contribution in [0.5, 0.6) is 0 Å². The van der Waals surface area contributed by atoms with Crippen LogP contribution in [0, 0.1) is 13.8 Å². The Morgan fingerprint density at radius 3 is 2.76 bits per heavy atom. The van der Waals surface area contributed by atoms with Gasteiger partial charge in [0.25, 0.3) is 0 Å². The van der Waals surface area contributed by atoms with Gasteiger partial charge in [0.2, 0.25) is 0 Å². The van der Waals surface area contributed by atoms with Gasteiger partial charge in [-0.3, -0.25) is 4.98 Å². The molecule has 3 N–H and O–H groups in total. The largest absolute Gasteiger partial charge is 0.398 e. The summed E-state index contributed by atoms with van der Waals surface area (Å²) < 4.78 is 0. The molecule has 2 aromatic rings. The van der Waals surface area contributed by atoms with Gasteiger partial charge >= 0.3 is 0 Å². The van der Waals surface area contributed by atoms with E-state index in [0.717, 1.165) is 28.5 Å². The molecule has 0 unspecified atom stereocenters. The van der Waals surface area contributed by atoms with E-state index in [0.29, 0.717) is 6.54 Å². The second-order valence-electron chi connectivity index (χ2n) is 4.00. The van der Waals surface area contributed by atoms with Gasteiger partial charge in [-0.25, -0.2) is 4.98 Å². The highest BCUT2D eigenvalue weighted by Crippen LogP contribution is 2.14. The molecule has 88 valence electrons. The molecule has 0 spiro atoms. The van der Waals surface area contributed by atoms with Crippen LogP contribution in [0.3, 0.4) is 0 Å². The Morgan fingerprint density at radius 2 is 2.00 bits per heavy atom. The van der Waals surface area contributed by atoms with E-state index in [4.69, 9.17) is 5.73 Å². The van der Waals surface area contributed by atoms with Gasteiger partial charge < -0.3 is 11.1 Å². The van der Waals surface area contributed by atoms with Crippen LogP contribution in [0.2, 0.25) is 0 Å². The molecular formula is C13H16N4. The average Bonchev–Trinajstić information content (AvgIpc) is 2.32. The smallest absolute Gasteiger partial charge is 0.148 e. The zero-order valence-electron chi connectivity index (χ0n) is 10.1. The number of para-hydroxylation sites is 1. The Labute approximate surface area is 101 Å². The van der Waals surface area contributed by atoms with E-state index in [1.807, 2.05) is 38.1 Å². The highest BCUT2D eigenvalue weighted by molar-refractivity contribution is 5.49. The summed E-state index contributed by atoms with van der Waals surface area (Å²) in [4.78, 5) is 8.66. The summed E-state index contributed by atoms with van der Waals surface area (Å²) in [5, 5.41) is 3.26. The summed E-state index contributed by atoms with van der Waals surface area (Å²) in [6.45, 7) is 4.52. The lowest BCUT2D eigenvalue weighted by Gasteiger charge is -2.10. The Hall–Kier alpha value is -2.10. The van der Waals surface area contributed by atoms with E-state index >= 15 is 0 Å². The Kier molecular flexibility index (Phi) is 3.23. The number of hydrogen-bond donors (Lipinski definition) is 2. The van der Waals surface area contributed by atoms with Crippen molar-refractivity contribution in [3.05, 3.63) is 47.4 Å². The number of nitrogens with two attached hydrogens (primary N) is 1. The maximum Gasteiger partial charge on any atom is 0.148 e. The van der Waals surface area contributed by atoms with Gasteiger partial charge in [-0.15, -0.1) is 0 Å². The fourth-order valence-electron chi connectivity index (χ4n) is 1.58. The van der Waals surface area contributed by atoms with Gasteiger partial charge in [0.05, 0.1) is 11.4 Å². The van der Waals surface area contributed by atoms with E-state index in [1.54, 1.807) is 6.20 Å². The molecule has 0 saturated heterocycles. The van der Waals surface area contributed by atoms with Crippen molar-refractivity contribution >= 4 is 11.5 Å². The number of benzene rings is 1. The van der Waals surface area contributed by atoms with Crippen LogP contribution in [0.4, 0.5) is 11.5 Å². The molecule has 0 amide bonds. The second kappa shape index (κ2) is 4.82. The van der Waals surface area contributed by atoms with Crippen LogP contribution in [0.15, 0.2) is 30.5 Å². The molecule has 0 aliphatic carbocycles. The molecule has 17 heavy (non-hydrogen) atoms. The molecule has 0 atom stereocenters. The minimum atomic E-state index is 0.658. The van der Waals surface area contributed by atoms with Crippen molar-refractivity contribution in [1.82, 2.24) is 9.97 Å². The first-order valence-corrected chi connectivity index (χ1v) is 5.54. The van der Waals surface area contributed by atoms with Crippen molar-refractivity contribution < 1.29 is 0 Å². The summed E-state index contributed by atoms with van der Waals surface area (Å²) in [5.41, 5.74) is 9.53. The fourth-order valence-corrected chi connectivity index (χ4v) is 1.58. The lowest BCUT2D eigenvalue weighted by molar-refractivity contribution is 1.02. The Balaban J connectivity index is 2.12. The molecule has 0 aliphatic rings. The number of aryl methyl sites for hydroxylation is 2. The zero-order valence-corrected chi connectivity index (χ0v) is 10.1. The maximum atomic E-state index is 5.88. The van der Waals surface area contributed by atoms with Crippen molar-refractivity contribution in [2.24, 2.45) is 0 Å². The van der Waals surface area contributed by atoms with Gasteiger partial charge in [0.1, 0.15) is 5.82 Å². The second-order valence-corrected chi connectivity index (χ2v) is 4.00. The number of anilines is 2. The standard InChI is InChI=1S/C13H16N4/c1-9-7-15-10(2)13(17-9)16-8-11-5-3-4-6-12(11)14/h3-7H,8,14H2,1-2H3,(H,16,17). The van der Waals surface area contributed by atoms with Gasteiger partial charge in [0, 0.05) is 18.4 Å². The van der Waals surface area contributed by atoms with E-state index in [-0.39, 0.29) is 0 Å². The lowest BCUT2D eigenvalue weighted by Crippen LogP contribution is -2.06. The number of nitrogens with one attached hydrogen (secondary N) is 1. The third-order valence-corrected chi connectivity index (χ3v) is 2.58. The molecule has 0 aliphatic heterocycles. The van der Waals surface area contributed by atoms with Crippen LogP contribution >= 0.6 is 0 Å². The topological polar surface area (TPSA) is 63.8 Å². The van der Waals surface area contributed by atoms with E-state index in [2.05, 4.69) is 15.3 Å². The third kappa shape index (κ3) is 2.72. The van der Waals surface area contributed by atoms with Crippen LogP contribution in [-0.4, -0.2) is 9.97 Å². The van der Waals surface area contributed by atoms with Crippen LogP contribution in [0.25, 0.3) is 0 Å². The summed E-state index contributed by atoms with van der Waals surface area (Å²) in [6.07, 6.45) is 1.76. The van der Waals surface area contributed by atoms with Gasteiger partial charge in [-0.1, -0.05) is 18.2 Å². The van der Waals surface area contributed by atoms with Crippen LogP contribution in [-0.2, 0) is 6.54 Å². The minimum Gasteiger partial charge on any atom is -0.398 e. The van der Waals surface area contributed by atoms with E-state index < -0.39 is 0 Å². The first-order chi connectivity index (χ1) is 8.16. The monoisotopic (exact) mass is 228 g/mol. The number of rotatable bonds is 3. The predicted molar refractivity (Wildman–Crippen MR) is 69.7 cm³/mol. The minimum absolute atomic E-state index is 0.658. The molecule has 4 nitrogen and oxygen atoms in total. The van der Waals surface area contributed by atoms with Gasteiger partial charge in [-0.2, -0.15) is 0 Å². The predicted octanol–water partition coefficient (Wildman–Crippen LogP) is 2.29. The fraction of sp³-hybridized carbons (Fsp3) is 0.231. The Morgan fingerprint density at radius 1 is 1.24 bits per heavy atom. The molecule has 0 radical (unpaired) electrons. The lowest BCUT2D eigenvalue weighted by atomic mass is 10.2. The average molecular weight is 228 g/mol. The van der Waals surface area contributed by atoms with Crippen LogP contribution in [0.1, 0.15) is 17.0 Å². The van der Waals surface area contributed by atoms with Gasteiger partial charge in [-0.05, 0) is 25.5 Å². The number of hydrogen-bond acceptors (Lipinski definition) is 4. The van der Waals surface area contributed by atoms with Crippen molar-refractivity contribution in [1.29, 1.82) is 0 Å². The number of aromatic nitrogens is 2. The quantitative estimate of drug-likeness (QED) is 0.791. The molecule has 0 fully saturated rings. The summed E-state index contributed by atoms with van der Waals surface area (Å²) in [7, 11) is 0. The molecule has 4 heteroatoms.